The molecule has 0 aliphatic carbocycles. The highest BCUT2D eigenvalue weighted by Crippen LogP contribution is 2.22. The quantitative estimate of drug-likeness (QED) is 0.545. The number of amides is 1. The molecule has 4 nitrogen and oxygen atoms in total. The molecule has 3 rings (SSSR count). The second kappa shape index (κ2) is 7.62. The summed E-state index contributed by atoms with van der Waals surface area (Å²) < 4.78 is 0. The SMILES string of the molecule is O=C(CNc1cccc2ccccc12)NN=Cc1ccc(Cl)cc1. The topological polar surface area (TPSA) is 53.5 Å². The number of hydrogen-bond acceptors (Lipinski definition) is 3. The van der Waals surface area contributed by atoms with E-state index in [2.05, 4.69) is 15.8 Å². The van der Waals surface area contributed by atoms with Gasteiger partial charge in [-0.05, 0) is 29.1 Å². The lowest BCUT2D eigenvalue weighted by Gasteiger charge is -2.08. The molecule has 0 aliphatic heterocycles. The van der Waals surface area contributed by atoms with Gasteiger partial charge in [-0.25, -0.2) is 5.43 Å². The third kappa shape index (κ3) is 4.12. The molecule has 1 amide bonds. The molecule has 2 N–H and O–H groups in total. The van der Waals surface area contributed by atoms with Gasteiger partial charge in [-0.2, -0.15) is 5.10 Å². The zero-order valence-corrected chi connectivity index (χ0v) is 13.6. The summed E-state index contributed by atoms with van der Waals surface area (Å²) in [7, 11) is 0. The summed E-state index contributed by atoms with van der Waals surface area (Å²) in [6.07, 6.45) is 1.58. The van der Waals surface area contributed by atoms with Crippen molar-refractivity contribution in [3.05, 3.63) is 77.3 Å². The summed E-state index contributed by atoms with van der Waals surface area (Å²) in [5.74, 6) is -0.215. The Labute approximate surface area is 145 Å². The van der Waals surface area contributed by atoms with Crippen LogP contribution in [0.25, 0.3) is 10.8 Å². The lowest BCUT2D eigenvalue weighted by atomic mass is 10.1. The van der Waals surface area contributed by atoms with E-state index in [-0.39, 0.29) is 12.5 Å². The number of fused-ring (bicyclic) bond motifs is 1. The van der Waals surface area contributed by atoms with Crippen molar-refractivity contribution in [2.24, 2.45) is 5.10 Å². The van der Waals surface area contributed by atoms with Gasteiger partial charge in [-0.1, -0.05) is 60.1 Å². The Morgan fingerprint density at radius 3 is 2.58 bits per heavy atom. The standard InChI is InChI=1S/C19H16ClN3O/c20-16-10-8-14(9-11-16)12-22-23-19(24)13-21-18-7-3-5-15-4-1-2-6-17(15)18/h1-12,21H,13H2,(H,23,24). The fraction of sp³-hybridized carbons (Fsp3) is 0.0526. The molecule has 0 fully saturated rings. The van der Waals surface area contributed by atoms with Crippen molar-refractivity contribution in [2.75, 3.05) is 11.9 Å². The smallest absolute Gasteiger partial charge is 0.259 e. The molecule has 0 spiro atoms. The predicted octanol–water partition coefficient (Wildman–Crippen LogP) is 4.06. The minimum Gasteiger partial charge on any atom is -0.376 e. The lowest BCUT2D eigenvalue weighted by Crippen LogP contribution is -2.25. The van der Waals surface area contributed by atoms with E-state index in [1.807, 2.05) is 54.6 Å². The van der Waals surface area contributed by atoms with E-state index in [9.17, 15) is 4.79 Å². The molecule has 0 saturated heterocycles. The van der Waals surface area contributed by atoms with Crippen LogP contribution in [0.1, 0.15) is 5.56 Å². The van der Waals surface area contributed by atoms with Gasteiger partial charge in [-0.3, -0.25) is 4.79 Å². The number of carbonyl (C=O) groups excluding carboxylic acids is 1. The summed E-state index contributed by atoms with van der Waals surface area (Å²) in [4.78, 5) is 11.9. The van der Waals surface area contributed by atoms with E-state index >= 15 is 0 Å². The normalized spacial score (nSPS) is 10.9. The maximum atomic E-state index is 11.9. The minimum atomic E-state index is -0.215. The maximum absolute atomic E-state index is 11.9. The summed E-state index contributed by atoms with van der Waals surface area (Å²) in [5.41, 5.74) is 4.28. The summed E-state index contributed by atoms with van der Waals surface area (Å²) >= 11 is 5.81. The molecule has 0 bridgehead atoms. The van der Waals surface area contributed by atoms with Gasteiger partial charge >= 0.3 is 0 Å². The fourth-order valence-electron chi connectivity index (χ4n) is 2.32. The number of hydrazone groups is 1. The molecule has 0 unspecified atom stereocenters. The summed E-state index contributed by atoms with van der Waals surface area (Å²) in [6, 6.07) is 21.2. The van der Waals surface area contributed by atoms with Crippen LogP contribution in [0, 0.1) is 0 Å². The van der Waals surface area contributed by atoms with Crippen LogP contribution in [-0.2, 0) is 4.79 Å². The number of rotatable bonds is 5. The highest BCUT2D eigenvalue weighted by Gasteiger charge is 2.02. The Hall–Kier alpha value is -2.85. The molecule has 3 aromatic carbocycles. The first kappa shape index (κ1) is 16.0. The highest BCUT2D eigenvalue weighted by atomic mass is 35.5. The first-order chi connectivity index (χ1) is 11.7. The summed E-state index contributed by atoms with van der Waals surface area (Å²) in [6.45, 7) is 0.145. The average Bonchev–Trinajstić information content (AvgIpc) is 2.61. The van der Waals surface area contributed by atoms with Crippen molar-refractivity contribution in [3.8, 4) is 0 Å². The molecular weight excluding hydrogens is 322 g/mol. The Morgan fingerprint density at radius 2 is 1.75 bits per heavy atom. The van der Waals surface area contributed by atoms with E-state index < -0.39 is 0 Å². The zero-order valence-electron chi connectivity index (χ0n) is 12.9. The number of nitrogens with zero attached hydrogens (tertiary/aromatic N) is 1. The fourth-order valence-corrected chi connectivity index (χ4v) is 2.45. The first-order valence-electron chi connectivity index (χ1n) is 7.51. The molecule has 5 heteroatoms. The molecule has 0 atom stereocenters. The van der Waals surface area contributed by atoms with E-state index in [1.165, 1.54) is 0 Å². The predicted molar refractivity (Wildman–Crippen MR) is 99.6 cm³/mol. The van der Waals surface area contributed by atoms with Crippen LogP contribution in [0.2, 0.25) is 5.02 Å². The van der Waals surface area contributed by atoms with Crippen LogP contribution in [0.3, 0.4) is 0 Å². The Kier molecular flexibility index (Phi) is 5.08. The van der Waals surface area contributed by atoms with Gasteiger partial charge in [0.2, 0.25) is 0 Å². The maximum Gasteiger partial charge on any atom is 0.259 e. The number of carbonyl (C=O) groups is 1. The van der Waals surface area contributed by atoms with Gasteiger partial charge in [0, 0.05) is 16.1 Å². The Bertz CT molecular complexity index is 870. The monoisotopic (exact) mass is 337 g/mol. The van der Waals surface area contributed by atoms with Gasteiger partial charge in [0.15, 0.2) is 0 Å². The number of nitrogens with one attached hydrogen (secondary N) is 2. The molecule has 0 aliphatic rings. The van der Waals surface area contributed by atoms with Crippen molar-refractivity contribution < 1.29 is 4.79 Å². The van der Waals surface area contributed by atoms with E-state index in [0.717, 1.165) is 22.0 Å². The van der Waals surface area contributed by atoms with Crippen LogP contribution in [0.4, 0.5) is 5.69 Å². The molecular formula is C19H16ClN3O. The third-order valence-corrected chi connectivity index (χ3v) is 3.75. The third-order valence-electron chi connectivity index (χ3n) is 3.50. The number of hydrogen-bond donors (Lipinski definition) is 2. The Morgan fingerprint density at radius 1 is 1.00 bits per heavy atom. The average molecular weight is 338 g/mol. The van der Waals surface area contributed by atoms with Crippen molar-refractivity contribution in [1.82, 2.24) is 5.43 Å². The van der Waals surface area contributed by atoms with Gasteiger partial charge in [0.1, 0.15) is 0 Å². The molecule has 0 radical (unpaired) electrons. The second-order valence-electron chi connectivity index (χ2n) is 5.22. The summed E-state index contributed by atoms with van der Waals surface area (Å²) in [5, 5.41) is 9.95. The van der Waals surface area contributed by atoms with Gasteiger partial charge in [0.05, 0.1) is 12.8 Å². The molecule has 3 aromatic rings. The van der Waals surface area contributed by atoms with Crippen LogP contribution in [0.5, 0.6) is 0 Å². The largest absolute Gasteiger partial charge is 0.376 e. The molecule has 0 heterocycles. The van der Waals surface area contributed by atoms with Crippen LogP contribution in [-0.4, -0.2) is 18.7 Å². The van der Waals surface area contributed by atoms with E-state index in [4.69, 9.17) is 11.6 Å². The van der Waals surface area contributed by atoms with Crippen LogP contribution < -0.4 is 10.7 Å². The van der Waals surface area contributed by atoms with Crippen LogP contribution >= 0.6 is 11.6 Å². The molecule has 0 aromatic heterocycles. The van der Waals surface area contributed by atoms with Crippen molar-refractivity contribution in [1.29, 1.82) is 0 Å². The Balaban J connectivity index is 1.56. The van der Waals surface area contributed by atoms with Crippen molar-refractivity contribution >= 4 is 40.2 Å². The highest BCUT2D eigenvalue weighted by molar-refractivity contribution is 6.30. The zero-order chi connectivity index (χ0) is 16.8. The molecule has 120 valence electrons. The first-order valence-corrected chi connectivity index (χ1v) is 7.89. The minimum absolute atomic E-state index is 0.145. The van der Waals surface area contributed by atoms with Crippen LogP contribution in [0.15, 0.2) is 71.8 Å². The molecule has 24 heavy (non-hydrogen) atoms. The number of anilines is 1. The number of halogens is 1. The number of benzene rings is 3. The van der Waals surface area contributed by atoms with Gasteiger partial charge < -0.3 is 5.32 Å². The van der Waals surface area contributed by atoms with E-state index in [0.29, 0.717) is 5.02 Å². The molecule has 0 saturated carbocycles. The van der Waals surface area contributed by atoms with Crippen molar-refractivity contribution in [2.45, 2.75) is 0 Å². The van der Waals surface area contributed by atoms with E-state index in [1.54, 1.807) is 18.3 Å². The van der Waals surface area contributed by atoms with Gasteiger partial charge in [-0.15, -0.1) is 0 Å². The lowest BCUT2D eigenvalue weighted by molar-refractivity contribution is -0.119. The van der Waals surface area contributed by atoms with Gasteiger partial charge in [0.25, 0.3) is 5.91 Å². The van der Waals surface area contributed by atoms with Crippen molar-refractivity contribution in [3.63, 3.8) is 0 Å². The second-order valence-corrected chi connectivity index (χ2v) is 5.66.